The molecule has 0 amide bonds. The molecule has 112 valence electrons. The van der Waals surface area contributed by atoms with Crippen LogP contribution in [0.1, 0.15) is 40.6 Å². The van der Waals surface area contributed by atoms with E-state index in [1.807, 2.05) is 25.1 Å². The number of aryl methyl sites for hydroxylation is 1. The first-order valence-corrected chi connectivity index (χ1v) is 7.83. The molecule has 2 rings (SSSR count). The molecule has 0 aliphatic carbocycles. The van der Waals surface area contributed by atoms with Crippen LogP contribution >= 0.6 is 22.9 Å². The van der Waals surface area contributed by atoms with E-state index >= 15 is 0 Å². The zero-order valence-electron chi connectivity index (χ0n) is 12.5. The summed E-state index contributed by atoms with van der Waals surface area (Å²) >= 11 is 7.57. The highest BCUT2D eigenvalue weighted by atomic mass is 35.5. The highest BCUT2D eigenvalue weighted by Gasteiger charge is 2.24. The number of anilines is 1. The number of methoxy groups -OCH3 is 1. The first kappa shape index (κ1) is 15.9. The maximum atomic E-state index is 11.9. The van der Waals surface area contributed by atoms with E-state index in [4.69, 9.17) is 22.1 Å². The second-order valence-corrected chi connectivity index (χ2v) is 6.63. The Morgan fingerprint density at radius 1 is 1.38 bits per heavy atom. The van der Waals surface area contributed by atoms with Gasteiger partial charge < -0.3 is 10.5 Å². The van der Waals surface area contributed by atoms with Crippen molar-refractivity contribution >= 4 is 34.6 Å². The van der Waals surface area contributed by atoms with Gasteiger partial charge in [0.25, 0.3) is 0 Å². The number of carbonyl (C=O) groups is 1. The summed E-state index contributed by atoms with van der Waals surface area (Å²) in [6.45, 7) is 6.07. The number of esters is 1. The lowest BCUT2D eigenvalue weighted by atomic mass is 9.98. The fourth-order valence-corrected chi connectivity index (χ4v) is 3.69. The van der Waals surface area contributed by atoms with Gasteiger partial charge in [-0.2, -0.15) is 0 Å². The van der Waals surface area contributed by atoms with Crippen LogP contribution in [-0.2, 0) is 4.74 Å². The summed E-state index contributed by atoms with van der Waals surface area (Å²) in [6.07, 6.45) is 0. The van der Waals surface area contributed by atoms with Crippen LogP contribution in [0.3, 0.4) is 0 Å². The third-order valence-electron chi connectivity index (χ3n) is 3.37. The van der Waals surface area contributed by atoms with Gasteiger partial charge in [0.15, 0.2) is 0 Å². The molecule has 1 heterocycles. The molecule has 5 heteroatoms. The summed E-state index contributed by atoms with van der Waals surface area (Å²) in [6, 6.07) is 5.88. The average Bonchev–Trinajstić information content (AvgIpc) is 2.78. The zero-order valence-corrected chi connectivity index (χ0v) is 14.1. The quantitative estimate of drug-likeness (QED) is 0.820. The van der Waals surface area contributed by atoms with Crippen molar-refractivity contribution in [3.05, 3.63) is 39.2 Å². The van der Waals surface area contributed by atoms with Crippen molar-refractivity contribution in [2.24, 2.45) is 0 Å². The van der Waals surface area contributed by atoms with Gasteiger partial charge in [-0.3, -0.25) is 0 Å². The Morgan fingerprint density at radius 2 is 2.05 bits per heavy atom. The second-order valence-electron chi connectivity index (χ2n) is 5.20. The van der Waals surface area contributed by atoms with E-state index in [0.717, 1.165) is 21.6 Å². The van der Waals surface area contributed by atoms with E-state index < -0.39 is 5.97 Å². The van der Waals surface area contributed by atoms with Gasteiger partial charge in [-0.1, -0.05) is 37.6 Å². The first-order valence-electron chi connectivity index (χ1n) is 6.63. The van der Waals surface area contributed by atoms with Crippen LogP contribution in [0.4, 0.5) is 5.69 Å². The van der Waals surface area contributed by atoms with Crippen LogP contribution in [0, 0.1) is 6.92 Å². The number of rotatable bonds is 3. The number of nitrogen functional groups attached to an aromatic ring is 1. The van der Waals surface area contributed by atoms with Crippen molar-refractivity contribution in [2.45, 2.75) is 26.7 Å². The Labute approximate surface area is 133 Å². The molecule has 0 bridgehead atoms. The maximum absolute atomic E-state index is 11.9. The lowest BCUT2D eigenvalue weighted by molar-refractivity contribution is 0.0607. The Hall–Kier alpha value is -1.52. The molecule has 3 nitrogen and oxygen atoms in total. The van der Waals surface area contributed by atoms with E-state index in [2.05, 4.69) is 13.8 Å². The van der Waals surface area contributed by atoms with E-state index in [1.54, 1.807) is 0 Å². The molecule has 0 saturated heterocycles. The van der Waals surface area contributed by atoms with Gasteiger partial charge in [0.1, 0.15) is 4.88 Å². The van der Waals surface area contributed by atoms with E-state index in [9.17, 15) is 4.79 Å². The number of halogens is 1. The number of thiophene rings is 1. The smallest absolute Gasteiger partial charge is 0.350 e. The third kappa shape index (κ3) is 2.92. The van der Waals surface area contributed by atoms with Gasteiger partial charge in [0, 0.05) is 9.90 Å². The number of carbonyl (C=O) groups excluding carboxylic acids is 1. The molecule has 21 heavy (non-hydrogen) atoms. The highest BCUT2D eigenvalue weighted by Crippen LogP contribution is 2.43. The standard InChI is InChI=1S/C16H18ClNO2S/c1-8(2)12-13(18)15(16(19)20-4)21-14(12)10-6-5-9(3)11(17)7-10/h5-8H,18H2,1-4H3. The third-order valence-corrected chi connectivity index (χ3v) is 5.02. The fourth-order valence-electron chi connectivity index (χ4n) is 2.22. The Balaban J connectivity index is 2.67. The van der Waals surface area contributed by atoms with Crippen LogP contribution in [0.25, 0.3) is 10.4 Å². The predicted molar refractivity (Wildman–Crippen MR) is 89.3 cm³/mol. The monoisotopic (exact) mass is 323 g/mol. The fraction of sp³-hybridized carbons (Fsp3) is 0.312. The van der Waals surface area contributed by atoms with Gasteiger partial charge in [-0.05, 0) is 35.6 Å². The Kier molecular flexibility index (Phi) is 4.59. The van der Waals surface area contributed by atoms with Crippen molar-refractivity contribution in [3.63, 3.8) is 0 Å². The summed E-state index contributed by atoms with van der Waals surface area (Å²) in [4.78, 5) is 13.3. The molecule has 0 fully saturated rings. The summed E-state index contributed by atoms with van der Waals surface area (Å²) in [5.41, 5.74) is 9.63. The van der Waals surface area contributed by atoms with Gasteiger partial charge in [-0.15, -0.1) is 11.3 Å². The Bertz CT molecular complexity index is 692. The largest absolute Gasteiger partial charge is 0.465 e. The molecule has 0 aliphatic heterocycles. The average molecular weight is 324 g/mol. The minimum Gasteiger partial charge on any atom is -0.465 e. The minimum atomic E-state index is -0.399. The molecule has 1 aromatic heterocycles. The molecule has 0 radical (unpaired) electrons. The van der Waals surface area contributed by atoms with Crippen molar-refractivity contribution < 1.29 is 9.53 Å². The van der Waals surface area contributed by atoms with Crippen LogP contribution in [0.15, 0.2) is 18.2 Å². The van der Waals surface area contributed by atoms with Crippen LogP contribution in [0.2, 0.25) is 5.02 Å². The van der Waals surface area contributed by atoms with Crippen LogP contribution in [0.5, 0.6) is 0 Å². The van der Waals surface area contributed by atoms with Crippen molar-refractivity contribution in [2.75, 3.05) is 12.8 Å². The second kappa shape index (κ2) is 6.08. The van der Waals surface area contributed by atoms with E-state index in [0.29, 0.717) is 15.6 Å². The van der Waals surface area contributed by atoms with Crippen molar-refractivity contribution in [1.82, 2.24) is 0 Å². The van der Waals surface area contributed by atoms with Crippen molar-refractivity contribution in [1.29, 1.82) is 0 Å². The predicted octanol–water partition coefficient (Wildman–Crippen LogP) is 4.87. The summed E-state index contributed by atoms with van der Waals surface area (Å²) in [7, 11) is 1.36. The topological polar surface area (TPSA) is 52.3 Å². The number of hydrogen-bond acceptors (Lipinski definition) is 4. The summed E-state index contributed by atoms with van der Waals surface area (Å²) in [5, 5.41) is 0.703. The zero-order chi connectivity index (χ0) is 15.7. The minimum absolute atomic E-state index is 0.203. The van der Waals surface area contributed by atoms with Gasteiger partial charge >= 0.3 is 5.97 Å². The summed E-state index contributed by atoms with van der Waals surface area (Å²) < 4.78 is 4.81. The lowest BCUT2D eigenvalue weighted by Gasteiger charge is -2.10. The Morgan fingerprint density at radius 3 is 2.57 bits per heavy atom. The highest BCUT2D eigenvalue weighted by molar-refractivity contribution is 7.18. The van der Waals surface area contributed by atoms with Gasteiger partial charge in [0.05, 0.1) is 12.8 Å². The van der Waals surface area contributed by atoms with Crippen LogP contribution in [-0.4, -0.2) is 13.1 Å². The number of benzene rings is 1. The maximum Gasteiger partial charge on any atom is 0.350 e. The normalized spacial score (nSPS) is 11.0. The molecule has 0 unspecified atom stereocenters. The molecule has 0 spiro atoms. The van der Waals surface area contributed by atoms with E-state index in [-0.39, 0.29) is 5.92 Å². The molecule has 2 N–H and O–H groups in total. The van der Waals surface area contributed by atoms with Gasteiger partial charge in [0.2, 0.25) is 0 Å². The number of ether oxygens (including phenoxy) is 1. The molecular weight excluding hydrogens is 306 g/mol. The van der Waals surface area contributed by atoms with Gasteiger partial charge in [-0.25, -0.2) is 4.79 Å². The molecule has 0 atom stereocenters. The van der Waals surface area contributed by atoms with Crippen LogP contribution < -0.4 is 5.73 Å². The summed E-state index contributed by atoms with van der Waals surface area (Å²) in [5.74, 6) is -0.196. The molecule has 1 aromatic carbocycles. The molecule has 0 saturated carbocycles. The van der Waals surface area contributed by atoms with Crippen molar-refractivity contribution in [3.8, 4) is 10.4 Å². The number of hydrogen-bond donors (Lipinski definition) is 1. The molecular formula is C16H18ClNO2S. The number of nitrogens with two attached hydrogens (primary N) is 1. The SMILES string of the molecule is COC(=O)c1sc(-c2ccc(C)c(Cl)c2)c(C(C)C)c1N. The molecule has 0 aliphatic rings. The van der Waals surface area contributed by atoms with E-state index in [1.165, 1.54) is 18.4 Å². The molecule has 2 aromatic rings. The lowest BCUT2D eigenvalue weighted by Crippen LogP contribution is -2.03. The first-order chi connectivity index (χ1) is 9.86.